The zero-order valence-corrected chi connectivity index (χ0v) is 77.8. The summed E-state index contributed by atoms with van der Waals surface area (Å²) in [6.07, 6.45) is 20.2. The summed E-state index contributed by atoms with van der Waals surface area (Å²) in [5.74, 6) is -2.74. The van der Waals surface area contributed by atoms with Crippen LogP contribution in [0.4, 0.5) is 0 Å². The number of unbranched alkanes of at least 4 members (excludes halogenated alkanes) is 9. The molecule has 0 spiro atoms. The Morgan fingerprint density at radius 3 is 0.557 bits per heavy atom. The smallest absolute Gasteiger partial charge is 0.466 e. The molecule has 0 heterocycles. The van der Waals surface area contributed by atoms with Crippen molar-refractivity contribution >= 4 is 144 Å². The minimum absolute atomic E-state index is 0. The second kappa shape index (κ2) is 93.4. The molecule has 0 fully saturated rings. The standard InChI is InChI=1S/C29H48Br4O8.C29H48N12O8.C9H20O4.C5H8BrClO.N3.Na/c30-17-5-1-9-25(34)38-21-13-29(14-22-39-26(35)10-2-6-18-31,15-23-40-27(36)11-3-7-19-32)16-24-41-28(37)12-4-8-20-33;30-38-34-17-5-1-9-25(42)46-21-13-29(14-22-47-26(43)10-2-6-18-35-39-31,15-23-48-27(44)11-3-7-19-36-40-32)16-24-49-28(45)12-4-8-20-37-41-33;10-5-1-9(2-6-11,3-7-12)4-8-13;6-4-2-1-3-5(7)8;1-3-2;/h1-24H2;1-24H2;10-13H,1-8H2;1-4H2;;/q;;;;-1;+1. The van der Waals surface area contributed by atoms with Crippen molar-refractivity contribution in [3.05, 3.63) is 57.7 Å². The van der Waals surface area contributed by atoms with E-state index in [-0.39, 0.29) is 195 Å². The molecule has 0 aromatic rings. The topological polar surface area (TPSA) is 562 Å². The van der Waals surface area contributed by atoms with Crippen molar-refractivity contribution in [2.24, 2.45) is 36.7 Å². The summed E-state index contributed by atoms with van der Waals surface area (Å²) < 4.78 is 44.0. The zero-order valence-electron chi connectivity index (χ0n) is 67.1. The number of hydrogen-bond donors (Lipinski definition) is 4. The SMILES string of the molecule is O=C(CCCCBr)OCCC(CCOC(=O)CCCCBr)(CCOC(=O)CCCCBr)CCOC(=O)CCCCBr.O=C(Cl)CCCCBr.OCCC(CCO)(CCO)CCO.[N-]=[N+]=NCCCCC(=O)OCCC(CCOC(=O)CCCCN=[N+]=[N-])(CCOC(=O)CCCCN=[N+]=[N-])CCOC(=O)CCCCN=[N+]=[N-].[N-]=[N+]=[N-].[Na+]. The van der Waals surface area contributed by atoms with Gasteiger partial charge in [0.2, 0.25) is 5.24 Å². The summed E-state index contributed by atoms with van der Waals surface area (Å²) in [6, 6.07) is 0. The fraction of sp³-hybridized carbons (Fsp3) is 0.875. The van der Waals surface area contributed by atoms with Crippen molar-refractivity contribution in [1.29, 1.82) is 0 Å². The number of hydrogen-bond acceptors (Lipinski definition) is 25. The summed E-state index contributed by atoms with van der Waals surface area (Å²) >= 11 is 21.8. The van der Waals surface area contributed by atoms with Gasteiger partial charge in [0.1, 0.15) is 0 Å². The minimum atomic E-state index is -0.715. The Hall–Kier alpha value is -4.49. The van der Waals surface area contributed by atoms with E-state index < -0.39 is 34.7 Å². The maximum Gasteiger partial charge on any atom is 1.00 e. The van der Waals surface area contributed by atoms with Crippen LogP contribution in [0.3, 0.4) is 0 Å². The van der Waals surface area contributed by atoms with Crippen molar-refractivity contribution < 1.29 is 131 Å². The molecular formula is C72H124Br5ClN15NaO21. The second-order valence-corrected chi connectivity index (χ2v) is 30.4. The predicted molar refractivity (Wildman–Crippen MR) is 449 cm³/mol. The maximum absolute atomic E-state index is 12.4. The van der Waals surface area contributed by atoms with Crippen LogP contribution in [0.1, 0.15) is 250 Å². The molecule has 0 aromatic heterocycles. The first kappa shape index (κ1) is 121. The molecule has 656 valence electrons. The number of nitrogens with zero attached hydrogens (tertiary/aromatic N) is 15. The van der Waals surface area contributed by atoms with Gasteiger partial charge < -0.3 is 69.4 Å². The van der Waals surface area contributed by atoms with Crippen molar-refractivity contribution in [2.75, 3.05) is 132 Å². The molecule has 0 aromatic carbocycles. The third kappa shape index (κ3) is 87.2. The monoisotopic (exact) mass is 1990 g/mol. The number of alkyl halides is 5. The Labute approximate surface area is 746 Å². The fourth-order valence-electron chi connectivity index (χ4n) is 10.6. The molecule has 0 aliphatic carbocycles. The van der Waals surface area contributed by atoms with Crippen LogP contribution in [0.25, 0.3) is 57.7 Å². The van der Waals surface area contributed by atoms with Gasteiger partial charge in [-0.1, -0.05) is 100 Å². The molecule has 0 rings (SSSR count). The Morgan fingerprint density at radius 1 is 0.270 bits per heavy atom. The summed E-state index contributed by atoms with van der Waals surface area (Å²) in [7, 11) is 0. The van der Waals surface area contributed by atoms with Gasteiger partial charge >= 0.3 is 77.3 Å². The largest absolute Gasteiger partial charge is 1.00 e. The Bertz CT molecular complexity index is 2420. The molecule has 0 atom stereocenters. The van der Waals surface area contributed by atoms with E-state index in [1.165, 1.54) is 4.91 Å². The number of aliphatic hydroxyl groups excluding tert-OH is 4. The zero-order chi connectivity index (χ0) is 86.1. The van der Waals surface area contributed by atoms with E-state index >= 15 is 0 Å². The van der Waals surface area contributed by atoms with Crippen LogP contribution in [0.15, 0.2) is 20.5 Å². The third-order valence-electron chi connectivity index (χ3n) is 17.4. The van der Waals surface area contributed by atoms with E-state index in [4.69, 9.17) is 103 Å². The first-order chi connectivity index (χ1) is 55.1. The van der Waals surface area contributed by atoms with Crippen molar-refractivity contribution in [3.8, 4) is 0 Å². The summed E-state index contributed by atoms with van der Waals surface area (Å²) in [5.41, 5.74) is 45.5. The van der Waals surface area contributed by atoms with Gasteiger partial charge in [0.15, 0.2) is 0 Å². The van der Waals surface area contributed by atoms with Crippen LogP contribution in [-0.4, -0.2) is 206 Å². The molecule has 0 aliphatic rings. The van der Waals surface area contributed by atoms with E-state index in [0.717, 1.165) is 90.9 Å². The molecule has 43 heteroatoms. The molecule has 0 unspecified atom stereocenters. The van der Waals surface area contributed by atoms with Crippen LogP contribution < -0.4 is 29.6 Å². The average molecular weight is 1990 g/mol. The number of halogens is 6. The van der Waals surface area contributed by atoms with E-state index in [1.54, 1.807) is 0 Å². The van der Waals surface area contributed by atoms with Gasteiger partial charge in [-0.3, -0.25) is 48.1 Å². The first-order valence-corrected chi connectivity index (χ1v) is 44.7. The summed E-state index contributed by atoms with van der Waals surface area (Å²) in [4.78, 5) is 121. The van der Waals surface area contributed by atoms with Crippen LogP contribution in [0, 0.1) is 16.2 Å². The molecule has 0 aliphatic heterocycles. The molecule has 0 amide bonds. The van der Waals surface area contributed by atoms with E-state index in [0.29, 0.717) is 161 Å². The Morgan fingerprint density at radius 2 is 0.417 bits per heavy atom. The van der Waals surface area contributed by atoms with E-state index in [2.05, 4.69) is 120 Å². The number of ether oxygens (including phenoxy) is 8. The number of aliphatic hydroxyl groups is 4. The van der Waals surface area contributed by atoms with Crippen LogP contribution >= 0.6 is 91.3 Å². The predicted octanol–water partition coefficient (Wildman–Crippen LogP) is 15.3. The molecular weight excluding hydrogens is 1870 g/mol. The number of carbonyl (C=O) groups is 9. The Balaban J connectivity index is -0.000000400. The molecule has 0 saturated carbocycles. The van der Waals surface area contributed by atoms with Gasteiger partial charge in [0, 0.05) is 157 Å². The average Bonchev–Trinajstić information content (AvgIpc) is 0.824. The summed E-state index contributed by atoms with van der Waals surface area (Å²) in [6.45, 7) is 2.03. The molecule has 4 N–H and O–H groups in total. The Kier molecular flexibility index (Phi) is 98.5. The summed E-state index contributed by atoms with van der Waals surface area (Å²) in [5, 5.41) is 53.2. The molecule has 0 bridgehead atoms. The second-order valence-electron chi connectivity index (χ2n) is 26.0. The van der Waals surface area contributed by atoms with Gasteiger partial charge in [-0.15, -0.1) is 0 Å². The van der Waals surface area contributed by atoms with Gasteiger partial charge in [-0.25, -0.2) is 0 Å². The number of rotatable bonds is 72. The normalized spacial score (nSPS) is 10.9. The third-order valence-corrected chi connectivity index (χ3v) is 20.3. The minimum Gasteiger partial charge on any atom is -0.466 e. The number of azide groups is 4. The van der Waals surface area contributed by atoms with E-state index in [1.807, 2.05) is 0 Å². The van der Waals surface area contributed by atoms with Crippen LogP contribution in [0.5, 0.6) is 0 Å². The van der Waals surface area contributed by atoms with Crippen molar-refractivity contribution in [3.63, 3.8) is 0 Å². The fourth-order valence-corrected chi connectivity index (χ4v) is 12.7. The molecule has 115 heavy (non-hydrogen) atoms. The number of carbonyl (C=O) groups excluding carboxylic acids is 9. The van der Waals surface area contributed by atoms with Crippen LogP contribution in [0.2, 0.25) is 0 Å². The molecule has 0 radical (unpaired) electrons. The van der Waals surface area contributed by atoms with Gasteiger partial charge in [-0.2, -0.15) is 0 Å². The maximum atomic E-state index is 12.4. The first-order valence-electron chi connectivity index (χ1n) is 38.8. The van der Waals surface area contributed by atoms with Gasteiger partial charge in [0.25, 0.3) is 0 Å². The van der Waals surface area contributed by atoms with Gasteiger partial charge in [-0.05, 0) is 243 Å². The van der Waals surface area contributed by atoms with Crippen molar-refractivity contribution in [1.82, 2.24) is 0 Å². The van der Waals surface area contributed by atoms with E-state index in [9.17, 15) is 43.2 Å². The molecule has 36 nitrogen and oxygen atoms in total. The van der Waals surface area contributed by atoms with Gasteiger partial charge in [0.05, 0.1) is 52.9 Å². The number of esters is 8. The van der Waals surface area contributed by atoms with Crippen molar-refractivity contribution in [2.45, 2.75) is 250 Å². The molecule has 0 saturated heterocycles. The van der Waals surface area contributed by atoms with Crippen LogP contribution in [-0.2, 0) is 81.0 Å². The quantitative estimate of drug-likeness (QED) is 0.00505.